The molecule has 5 aromatic rings. The molecule has 0 saturated heterocycles. The Balaban J connectivity index is 1.35. The molecule has 0 N–H and O–H groups in total. The Hall–Kier alpha value is -4.86. The highest BCUT2D eigenvalue weighted by atomic mass is 19.1. The van der Waals surface area contributed by atoms with Gasteiger partial charge in [0.15, 0.2) is 5.75 Å². The first kappa shape index (κ1) is 22.9. The standard InChI is InChI=1S/C26H21FN6O3/c1-18-2-6-20(7-3-18)26-25(14-28-32(26)23-12-8-21(27)9-13-23)36-17-22-16-31(30-29-22)15-19-4-10-24(11-5-19)33(34)35/h2-14,16H,15,17H2,1H3. The summed E-state index contributed by atoms with van der Waals surface area (Å²) in [5.41, 5.74) is 4.98. The smallest absolute Gasteiger partial charge is 0.269 e. The molecule has 3 aromatic carbocycles. The van der Waals surface area contributed by atoms with Gasteiger partial charge in [-0.3, -0.25) is 10.1 Å². The molecule has 0 spiro atoms. The summed E-state index contributed by atoms with van der Waals surface area (Å²) in [6.07, 6.45) is 3.39. The highest BCUT2D eigenvalue weighted by molar-refractivity contribution is 5.69. The van der Waals surface area contributed by atoms with Crippen LogP contribution in [0, 0.1) is 22.9 Å². The van der Waals surface area contributed by atoms with Gasteiger partial charge in [-0.1, -0.05) is 47.2 Å². The second kappa shape index (κ2) is 9.79. The van der Waals surface area contributed by atoms with Gasteiger partial charge in [0.1, 0.15) is 23.8 Å². The summed E-state index contributed by atoms with van der Waals surface area (Å²) in [5.74, 6) is 0.226. The average Bonchev–Trinajstić information content (AvgIpc) is 3.51. The van der Waals surface area contributed by atoms with Crippen molar-refractivity contribution in [3.63, 3.8) is 0 Å². The molecule has 0 amide bonds. The second-order valence-corrected chi connectivity index (χ2v) is 8.23. The van der Waals surface area contributed by atoms with Gasteiger partial charge in [0.05, 0.1) is 29.5 Å². The van der Waals surface area contributed by atoms with Gasteiger partial charge >= 0.3 is 0 Å². The minimum Gasteiger partial charge on any atom is -0.483 e. The largest absolute Gasteiger partial charge is 0.483 e. The molecule has 0 saturated carbocycles. The molecule has 0 atom stereocenters. The first-order valence-corrected chi connectivity index (χ1v) is 11.1. The summed E-state index contributed by atoms with van der Waals surface area (Å²) in [4.78, 5) is 10.4. The summed E-state index contributed by atoms with van der Waals surface area (Å²) in [6.45, 7) is 2.59. The number of nitro benzene ring substituents is 1. The Morgan fingerprint density at radius 2 is 1.72 bits per heavy atom. The van der Waals surface area contributed by atoms with Gasteiger partial charge in [-0.05, 0) is 36.8 Å². The Labute approximate surface area is 205 Å². The zero-order chi connectivity index (χ0) is 25.1. The molecule has 9 nitrogen and oxygen atoms in total. The fourth-order valence-corrected chi connectivity index (χ4v) is 3.74. The van der Waals surface area contributed by atoms with Gasteiger partial charge in [-0.15, -0.1) is 5.10 Å². The van der Waals surface area contributed by atoms with Crippen molar-refractivity contribution >= 4 is 5.69 Å². The van der Waals surface area contributed by atoms with Crippen LogP contribution in [0.3, 0.4) is 0 Å². The topological polar surface area (TPSA) is 101 Å². The van der Waals surface area contributed by atoms with E-state index in [2.05, 4.69) is 15.4 Å². The van der Waals surface area contributed by atoms with Crippen LogP contribution in [-0.4, -0.2) is 29.7 Å². The van der Waals surface area contributed by atoms with E-state index in [1.165, 1.54) is 24.3 Å². The van der Waals surface area contributed by atoms with Crippen LogP contribution in [0.2, 0.25) is 0 Å². The maximum absolute atomic E-state index is 13.5. The zero-order valence-corrected chi connectivity index (χ0v) is 19.3. The number of rotatable bonds is 8. The van der Waals surface area contributed by atoms with E-state index in [4.69, 9.17) is 4.74 Å². The second-order valence-electron chi connectivity index (χ2n) is 8.23. The van der Waals surface area contributed by atoms with Gasteiger partial charge in [-0.25, -0.2) is 13.8 Å². The van der Waals surface area contributed by atoms with E-state index in [9.17, 15) is 14.5 Å². The number of hydrogen-bond donors (Lipinski definition) is 0. The molecule has 0 bridgehead atoms. The van der Waals surface area contributed by atoms with Crippen LogP contribution in [-0.2, 0) is 13.2 Å². The predicted molar refractivity (Wildman–Crippen MR) is 130 cm³/mol. The number of benzene rings is 3. The van der Waals surface area contributed by atoms with Crippen LogP contribution in [0.5, 0.6) is 5.75 Å². The molecule has 5 rings (SSSR count). The van der Waals surface area contributed by atoms with Gasteiger partial charge in [-0.2, -0.15) is 5.10 Å². The molecule has 0 aliphatic heterocycles. The molecule has 0 fully saturated rings. The van der Waals surface area contributed by atoms with Crippen molar-refractivity contribution in [3.05, 3.63) is 118 Å². The highest BCUT2D eigenvalue weighted by Crippen LogP contribution is 2.33. The molecule has 0 radical (unpaired) electrons. The Bertz CT molecular complexity index is 1490. The van der Waals surface area contributed by atoms with Crippen LogP contribution in [0.25, 0.3) is 16.9 Å². The van der Waals surface area contributed by atoms with E-state index >= 15 is 0 Å². The Morgan fingerprint density at radius 3 is 2.42 bits per heavy atom. The van der Waals surface area contributed by atoms with Crippen LogP contribution in [0.4, 0.5) is 10.1 Å². The van der Waals surface area contributed by atoms with E-state index in [0.29, 0.717) is 23.7 Å². The molecule has 0 aliphatic carbocycles. The third-order valence-corrected chi connectivity index (χ3v) is 5.59. The maximum Gasteiger partial charge on any atom is 0.269 e. The van der Waals surface area contributed by atoms with Crippen molar-refractivity contribution in [3.8, 4) is 22.7 Å². The third-order valence-electron chi connectivity index (χ3n) is 5.59. The lowest BCUT2D eigenvalue weighted by Crippen LogP contribution is -2.01. The van der Waals surface area contributed by atoms with E-state index in [1.807, 2.05) is 31.2 Å². The number of nitro groups is 1. The molecular formula is C26H21FN6O3. The molecule has 36 heavy (non-hydrogen) atoms. The van der Waals surface area contributed by atoms with Gasteiger partial charge in [0, 0.05) is 17.7 Å². The number of halogens is 1. The monoisotopic (exact) mass is 484 g/mol. The fourth-order valence-electron chi connectivity index (χ4n) is 3.74. The normalized spacial score (nSPS) is 10.9. The quantitative estimate of drug-likeness (QED) is 0.224. The molecule has 0 unspecified atom stereocenters. The Kier molecular flexibility index (Phi) is 6.23. The molecule has 10 heteroatoms. The first-order chi connectivity index (χ1) is 17.5. The summed E-state index contributed by atoms with van der Waals surface area (Å²) in [6, 6.07) is 20.4. The molecule has 2 heterocycles. The predicted octanol–water partition coefficient (Wildman–Crippen LogP) is 5.11. The van der Waals surface area contributed by atoms with Crippen LogP contribution >= 0.6 is 0 Å². The van der Waals surface area contributed by atoms with Gasteiger partial charge in [0.25, 0.3) is 5.69 Å². The molecule has 2 aromatic heterocycles. The van der Waals surface area contributed by atoms with Gasteiger partial charge < -0.3 is 4.74 Å². The van der Waals surface area contributed by atoms with Crippen molar-refractivity contribution in [1.82, 2.24) is 24.8 Å². The van der Waals surface area contributed by atoms with Crippen LogP contribution in [0.15, 0.2) is 85.2 Å². The van der Waals surface area contributed by atoms with E-state index < -0.39 is 4.92 Å². The van der Waals surface area contributed by atoms with Crippen LogP contribution in [0.1, 0.15) is 16.8 Å². The number of ether oxygens (including phenoxy) is 1. The average molecular weight is 484 g/mol. The number of non-ortho nitro benzene ring substituents is 1. The highest BCUT2D eigenvalue weighted by Gasteiger charge is 2.17. The SMILES string of the molecule is Cc1ccc(-c2c(OCc3cn(Cc4ccc([N+](=O)[O-])cc4)nn3)cnn2-c2ccc(F)cc2)cc1. The third kappa shape index (κ3) is 4.97. The summed E-state index contributed by atoms with van der Waals surface area (Å²) < 4.78 is 22.9. The summed E-state index contributed by atoms with van der Waals surface area (Å²) >= 11 is 0. The maximum atomic E-state index is 13.5. The summed E-state index contributed by atoms with van der Waals surface area (Å²) in [5, 5.41) is 23.6. The van der Waals surface area contributed by atoms with E-state index in [1.54, 1.807) is 46.0 Å². The minimum absolute atomic E-state index is 0.0389. The van der Waals surface area contributed by atoms with Crippen molar-refractivity contribution in [2.45, 2.75) is 20.1 Å². The van der Waals surface area contributed by atoms with Gasteiger partial charge in [0.2, 0.25) is 0 Å². The number of hydrogen-bond acceptors (Lipinski definition) is 6. The number of aryl methyl sites for hydroxylation is 1. The first-order valence-electron chi connectivity index (χ1n) is 11.1. The lowest BCUT2D eigenvalue weighted by molar-refractivity contribution is -0.384. The molecule has 180 valence electrons. The molecular weight excluding hydrogens is 463 g/mol. The number of nitrogens with zero attached hydrogens (tertiary/aromatic N) is 6. The summed E-state index contributed by atoms with van der Waals surface area (Å²) in [7, 11) is 0. The molecule has 0 aliphatic rings. The number of aromatic nitrogens is 5. The van der Waals surface area contributed by atoms with E-state index in [0.717, 1.165) is 22.4 Å². The fraction of sp³-hybridized carbons (Fsp3) is 0.115. The van der Waals surface area contributed by atoms with Crippen molar-refractivity contribution in [1.29, 1.82) is 0 Å². The van der Waals surface area contributed by atoms with Crippen molar-refractivity contribution in [2.24, 2.45) is 0 Å². The van der Waals surface area contributed by atoms with Crippen molar-refractivity contribution < 1.29 is 14.1 Å². The van der Waals surface area contributed by atoms with Crippen LogP contribution < -0.4 is 4.74 Å². The van der Waals surface area contributed by atoms with Crippen molar-refractivity contribution in [2.75, 3.05) is 0 Å². The zero-order valence-electron chi connectivity index (χ0n) is 19.3. The Morgan fingerprint density at radius 1 is 1.00 bits per heavy atom. The lowest BCUT2D eigenvalue weighted by atomic mass is 10.1. The lowest BCUT2D eigenvalue weighted by Gasteiger charge is -2.11. The minimum atomic E-state index is -0.433. The van der Waals surface area contributed by atoms with E-state index in [-0.39, 0.29) is 18.1 Å².